The number of nitrogens with zero attached hydrogens (tertiary/aromatic N) is 2. The van der Waals surface area contributed by atoms with Crippen molar-refractivity contribution in [1.82, 2.24) is 4.98 Å². The molecule has 28 heavy (non-hydrogen) atoms. The largest absolute Gasteiger partial charge is 0.493 e. The Balaban J connectivity index is 1.96. The van der Waals surface area contributed by atoms with Crippen LogP contribution in [0.2, 0.25) is 0 Å². The quantitative estimate of drug-likeness (QED) is 0.478. The van der Waals surface area contributed by atoms with E-state index in [1.165, 1.54) is 43.3 Å². The van der Waals surface area contributed by atoms with Gasteiger partial charge in [0.1, 0.15) is 5.56 Å². The first kappa shape index (κ1) is 19.6. The molecule has 0 aliphatic rings. The molecule has 3 aromatic rings. The van der Waals surface area contributed by atoms with Gasteiger partial charge in [-0.3, -0.25) is 20.2 Å². The summed E-state index contributed by atoms with van der Waals surface area (Å²) in [6.45, 7) is 4.20. The topological polar surface area (TPSA) is 104 Å². The molecular formula is C19H19N3O5S. The van der Waals surface area contributed by atoms with E-state index in [1.54, 1.807) is 0 Å². The van der Waals surface area contributed by atoms with Gasteiger partial charge in [-0.15, -0.1) is 0 Å². The number of rotatable bonds is 6. The SMILES string of the molecule is COc1cc(C(=O)Nc2nc3ccc(C(C)C)cc3s2)c([N+](=O)[O-])cc1OC. The average Bonchev–Trinajstić information content (AvgIpc) is 3.07. The van der Waals surface area contributed by atoms with Crippen molar-refractivity contribution in [2.24, 2.45) is 0 Å². The fourth-order valence-corrected chi connectivity index (χ4v) is 3.63. The molecule has 0 radical (unpaired) electrons. The number of benzene rings is 2. The minimum atomic E-state index is -0.643. The van der Waals surface area contributed by atoms with Crippen LogP contribution < -0.4 is 14.8 Å². The highest BCUT2D eigenvalue weighted by molar-refractivity contribution is 7.22. The Morgan fingerprint density at radius 2 is 1.86 bits per heavy atom. The van der Waals surface area contributed by atoms with Gasteiger partial charge in [-0.05, 0) is 23.6 Å². The summed E-state index contributed by atoms with van der Waals surface area (Å²) in [4.78, 5) is 27.9. The van der Waals surface area contributed by atoms with Crippen molar-refractivity contribution >= 4 is 38.3 Å². The third-order valence-electron chi connectivity index (χ3n) is 4.24. The van der Waals surface area contributed by atoms with E-state index in [-0.39, 0.29) is 22.7 Å². The monoisotopic (exact) mass is 401 g/mol. The van der Waals surface area contributed by atoms with E-state index in [1.807, 2.05) is 18.2 Å². The summed E-state index contributed by atoms with van der Waals surface area (Å²) < 4.78 is 11.2. The number of nitrogens with one attached hydrogen (secondary N) is 1. The normalized spacial score (nSPS) is 10.9. The third-order valence-corrected chi connectivity index (χ3v) is 5.18. The highest BCUT2D eigenvalue weighted by atomic mass is 32.1. The number of amides is 1. The summed E-state index contributed by atoms with van der Waals surface area (Å²) in [6, 6.07) is 8.39. The standard InChI is InChI=1S/C19H19N3O5S/c1-10(2)11-5-6-13-17(7-11)28-19(20-13)21-18(23)12-8-15(26-3)16(27-4)9-14(12)22(24)25/h5-10H,1-4H3,(H,20,21,23). The van der Waals surface area contributed by atoms with Gasteiger partial charge in [-0.1, -0.05) is 31.3 Å². The van der Waals surface area contributed by atoms with Crippen molar-refractivity contribution in [2.75, 3.05) is 19.5 Å². The number of carbonyl (C=O) groups is 1. The van der Waals surface area contributed by atoms with Crippen molar-refractivity contribution in [3.63, 3.8) is 0 Å². The first-order valence-corrected chi connectivity index (χ1v) is 9.28. The van der Waals surface area contributed by atoms with Crippen molar-refractivity contribution in [1.29, 1.82) is 0 Å². The number of ether oxygens (including phenoxy) is 2. The molecular weight excluding hydrogens is 382 g/mol. The molecule has 0 atom stereocenters. The molecule has 8 nitrogen and oxygen atoms in total. The number of thiazole rings is 1. The lowest BCUT2D eigenvalue weighted by molar-refractivity contribution is -0.385. The van der Waals surface area contributed by atoms with Crippen LogP contribution >= 0.6 is 11.3 Å². The lowest BCUT2D eigenvalue weighted by Crippen LogP contribution is -2.14. The summed E-state index contributed by atoms with van der Waals surface area (Å²) >= 11 is 1.31. The zero-order valence-electron chi connectivity index (χ0n) is 15.8. The maximum Gasteiger partial charge on any atom is 0.286 e. The molecule has 0 bridgehead atoms. The van der Waals surface area contributed by atoms with Gasteiger partial charge < -0.3 is 9.47 Å². The second kappa shape index (κ2) is 7.81. The van der Waals surface area contributed by atoms with E-state index in [4.69, 9.17) is 9.47 Å². The first-order chi connectivity index (χ1) is 13.3. The summed E-state index contributed by atoms with van der Waals surface area (Å²) in [5.74, 6) is 0.130. The molecule has 1 amide bonds. The molecule has 0 fully saturated rings. The van der Waals surface area contributed by atoms with Crippen molar-refractivity contribution in [3.05, 3.63) is 51.6 Å². The summed E-state index contributed by atoms with van der Waals surface area (Å²) in [5, 5.41) is 14.4. The number of hydrogen-bond donors (Lipinski definition) is 1. The lowest BCUT2D eigenvalue weighted by atomic mass is 10.0. The Bertz CT molecular complexity index is 1060. The fourth-order valence-electron chi connectivity index (χ4n) is 2.72. The van der Waals surface area contributed by atoms with Crippen molar-refractivity contribution in [2.45, 2.75) is 19.8 Å². The molecule has 2 aromatic carbocycles. The van der Waals surface area contributed by atoms with Crippen LogP contribution in [0.3, 0.4) is 0 Å². The Morgan fingerprint density at radius 3 is 2.46 bits per heavy atom. The molecule has 0 spiro atoms. The maximum absolute atomic E-state index is 12.7. The Morgan fingerprint density at radius 1 is 1.18 bits per heavy atom. The maximum atomic E-state index is 12.7. The molecule has 1 aromatic heterocycles. The molecule has 3 rings (SSSR count). The van der Waals surface area contributed by atoms with E-state index < -0.39 is 10.8 Å². The van der Waals surface area contributed by atoms with Gasteiger partial charge >= 0.3 is 0 Å². The van der Waals surface area contributed by atoms with Gasteiger partial charge in [0.05, 0.1) is 35.4 Å². The predicted molar refractivity (Wildman–Crippen MR) is 108 cm³/mol. The first-order valence-electron chi connectivity index (χ1n) is 8.46. The molecule has 0 unspecified atom stereocenters. The van der Waals surface area contributed by atoms with Crippen molar-refractivity contribution in [3.8, 4) is 11.5 Å². The smallest absolute Gasteiger partial charge is 0.286 e. The Kier molecular flexibility index (Phi) is 5.46. The average molecular weight is 401 g/mol. The number of nitro groups is 1. The second-order valence-electron chi connectivity index (χ2n) is 6.34. The van der Waals surface area contributed by atoms with E-state index in [9.17, 15) is 14.9 Å². The van der Waals surface area contributed by atoms with E-state index in [0.717, 1.165) is 10.2 Å². The van der Waals surface area contributed by atoms with Crippen LogP contribution in [0.5, 0.6) is 11.5 Å². The molecule has 1 N–H and O–H groups in total. The van der Waals surface area contributed by atoms with E-state index >= 15 is 0 Å². The summed E-state index contributed by atoms with van der Waals surface area (Å²) in [5.41, 5.74) is 1.42. The van der Waals surface area contributed by atoms with Gasteiger partial charge in [0.15, 0.2) is 16.6 Å². The number of hydrogen-bond acceptors (Lipinski definition) is 7. The fraction of sp³-hybridized carbons (Fsp3) is 0.263. The van der Waals surface area contributed by atoms with E-state index in [2.05, 4.69) is 24.1 Å². The van der Waals surface area contributed by atoms with Crippen LogP contribution in [-0.4, -0.2) is 30.0 Å². The number of aromatic nitrogens is 1. The second-order valence-corrected chi connectivity index (χ2v) is 7.37. The van der Waals surface area contributed by atoms with Crippen molar-refractivity contribution < 1.29 is 19.2 Å². The van der Waals surface area contributed by atoms with Gasteiger partial charge in [-0.25, -0.2) is 4.98 Å². The number of nitro benzene ring substituents is 1. The van der Waals surface area contributed by atoms with Gasteiger partial charge in [0, 0.05) is 6.07 Å². The molecule has 0 saturated heterocycles. The summed E-state index contributed by atoms with van der Waals surface area (Å²) in [6.07, 6.45) is 0. The third kappa shape index (κ3) is 3.74. The number of anilines is 1. The van der Waals surface area contributed by atoms with E-state index in [0.29, 0.717) is 11.0 Å². The lowest BCUT2D eigenvalue weighted by Gasteiger charge is -2.10. The minimum Gasteiger partial charge on any atom is -0.493 e. The predicted octanol–water partition coefficient (Wildman–Crippen LogP) is 4.60. The zero-order chi connectivity index (χ0) is 20.4. The molecule has 0 saturated carbocycles. The van der Waals surface area contributed by atoms with Crippen LogP contribution in [-0.2, 0) is 0 Å². The number of carbonyl (C=O) groups excluding carboxylic acids is 1. The van der Waals surface area contributed by atoms with Crippen LogP contribution in [0.1, 0.15) is 35.7 Å². The molecule has 146 valence electrons. The molecule has 0 aliphatic heterocycles. The zero-order valence-corrected chi connectivity index (χ0v) is 16.6. The molecule has 9 heteroatoms. The van der Waals surface area contributed by atoms with Crippen LogP contribution in [0.25, 0.3) is 10.2 Å². The highest BCUT2D eigenvalue weighted by Crippen LogP contribution is 2.35. The number of methoxy groups -OCH3 is 2. The van der Waals surface area contributed by atoms with Gasteiger partial charge in [0.2, 0.25) is 0 Å². The molecule has 0 aliphatic carbocycles. The Hall–Kier alpha value is -3.20. The van der Waals surface area contributed by atoms with Crippen LogP contribution in [0, 0.1) is 10.1 Å². The van der Waals surface area contributed by atoms with Crippen LogP contribution in [0.15, 0.2) is 30.3 Å². The van der Waals surface area contributed by atoms with Gasteiger partial charge in [0.25, 0.3) is 11.6 Å². The minimum absolute atomic E-state index is 0.134. The summed E-state index contributed by atoms with van der Waals surface area (Å²) in [7, 11) is 2.76. The molecule has 1 heterocycles. The van der Waals surface area contributed by atoms with Crippen LogP contribution in [0.4, 0.5) is 10.8 Å². The van der Waals surface area contributed by atoms with Gasteiger partial charge in [-0.2, -0.15) is 0 Å². The highest BCUT2D eigenvalue weighted by Gasteiger charge is 2.25. The Labute approximate surface area is 165 Å². The number of fused-ring (bicyclic) bond motifs is 1.